The summed E-state index contributed by atoms with van der Waals surface area (Å²) in [6.45, 7) is 0.161. The van der Waals surface area contributed by atoms with Crippen LogP contribution in [-0.2, 0) is 6.18 Å². The number of anilines is 1. The van der Waals surface area contributed by atoms with E-state index in [1.54, 1.807) is 4.40 Å². The standard InChI is InChI=1S/C23H16F5N5O2/c24-14-7-16-18(33-9-30-8-19(33)21(29)31-16)5-11(14)22(34)32-2-1-10-3-17(32)12-4-15(25)13(23(26,27)28)6-20(12)35-10/h4-10,17H,1-3H2,(H2,29,31)/t10-,17+/m0/s1. The second-order valence-electron chi connectivity index (χ2n) is 8.61. The minimum Gasteiger partial charge on any atom is -0.490 e. The van der Waals surface area contributed by atoms with Gasteiger partial charge in [-0.2, -0.15) is 13.2 Å². The van der Waals surface area contributed by atoms with Crippen molar-refractivity contribution >= 4 is 28.3 Å². The Morgan fingerprint density at radius 2 is 1.91 bits per heavy atom. The van der Waals surface area contributed by atoms with Gasteiger partial charge in [0.2, 0.25) is 0 Å². The first-order valence-corrected chi connectivity index (χ1v) is 10.7. The van der Waals surface area contributed by atoms with Gasteiger partial charge in [0.05, 0.1) is 40.7 Å². The van der Waals surface area contributed by atoms with E-state index in [1.807, 2.05) is 0 Å². The Labute approximate surface area is 193 Å². The first-order valence-electron chi connectivity index (χ1n) is 10.7. The van der Waals surface area contributed by atoms with E-state index in [9.17, 15) is 22.4 Å². The molecule has 2 aliphatic rings. The van der Waals surface area contributed by atoms with Crippen molar-refractivity contribution in [2.24, 2.45) is 0 Å². The van der Waals surface area contributed by atoms with Crippen molar-refractivity contribution < 1.29 is 31.5 Å². The summed E-state index contributed by atoms with van der Waals surface area (Å²) in [5, 5.41) is 0. The van der Waals surface area contributed by atoms with E-state index >= 15 is 4.39 Å². The maximum Gasteiger partial charge on any atom is 0.419 e. The number of halogens is 5. The molecule has 1 saturated heterocycles. The van der Waals surface area contributed by atoms with Crippen LogP contribution in [0, 0.1) is 11.6 Å². The van der Waals surface area contributed by atoms with Crippen LogP contribution >= 0.6 is 0 Å². The number of hydrogen-bond donors (Lipinski definition) is 1. The van der Waals surface area contributed by atoms with Crippen LogP contribution in [0.4, 0.5) is 27.8 Å². The Morgan fingerprint density at radius 3 is 2.69 bits per heavy atom. The lowest BCUT2D eigenvalue weighted by Gasteiger charge is -2.44. The number of hydrogen-bond acceptors (Lipinski definition) is 5. The molecule has 1 amide bonds. The van der Waals surface area contributed by atoms with E-state index in [2.05, 4.69) is 9.97 Å². The third kappa shape index (κ3) is 3.27. The molecule has 0 aliphatic carbocycles. The molecular formula is C23H16F5N5O2. The monoisotopic (exact) mass is 489 g/mol. The van der Waals surface area contributed by atoms with Crippen molar-refractivity contribution in [3.05, 3.63) is 65.1 Å². The van der Waals surface area contributed by atoms with Crippen LogP contribution in [0.3, 0.4) is 0 Å². The molecule has 2 atom stereocenters. The smallest absolute Gasteiger partial charge is 0.419 e. The summed E-state index contributed by atoms with van der Waals surface area (Å²) in [6, 6.07) is 3.05. The number of nitrogens with zero attached hydrogens (tertiary/aromatic N) is 4. The highest BCUT2D eigenvalue weighted by molar-refractivity contribution is 5.99. The molecule has 12 heteroatoms. The first kappa shape index (κ1) is 21.6. The number of nitrogens with two attached hydrogens (primary N) is 1. The summed E-state index contributed by atoms with van der Waals surface area (Å²) in [5.74, 6) is -2.95. The number of amides is 1. The van der Waals surface area contributed by atoms with Crippen LogP contribution in [0.25, 0.3) is 16.6 Å². The lowest BCUT2D eigenvalue weighted by molar-refractivity contribution is -0.140. The van der Waals surface area contributed by atoms with Gasteiger partial charge < -0.3 is 15.4 Å². The summed E-state index contributed by atoms with van der Waals surface area (Å²) >= 11 is 0. The van der Waals surface area contributed by atoms with Gasteiger partial charge in [0.1, 0.15) is 34.8 Å². The van der Waals surface area contributed by atoms with Gasteiger partial charge in [-0.05, 0) is 18.2 Å². The number of fused-ring (bicyclic) bond motifs is 7. The molecule has 2 N–H and O–H groups in total. The molecule has 4 aromatic rings. The average molecular weight is 489 g/mol. The van der Waals surface area contributed by atoms with Crippen LogP contribution in [0.1, 0.15) is 40.4 Å². The van der Waals surface area contributed by atoms with E-state index in [4.69, 9.17) is 10.5 Å². The minimum atomic E-state index is -4.89. The molecule has 35 heavy (non-hydrogen) atoms. The molecule has 2 bridgehead atoms. The van der Waals surface area contributed by atoms with Crippen LogP contribution < -0.4 is 10.5 Å². The van der Waals surface area contributed by atoms with Crippen LogP contribution in [-0.4, -0.2) is 37.8 Å². The van der Waals surface area contributed by atoms with Gasteiger partial charge in [-0.1, -0.05) is 0 Å². The molecule has 180 valence electrons. The summed E-state index contributed by atoms with van der Waals surface area (Å²) in [7, 11) is 0. The van der Waals surface area contributed by atoms with Gasteiger partial charge in [-0.15, -0.1) is 0 Å². The quantitative estimate of drug-likeness (QED) is 0.398. The number of nitrogen functional groups attached to an aromatic ring is 1. The lowest BCUT2D eigenvalue weighted by Crippen LogP contribution is -2.46. The molecule has 2 aromatic heterocycles. The Bertz CT molecular complexity index is 1530. The van der Waals surface area contributed by atoms with E-state index in [-0.39, 0.29) is 41.2 Å². The number of rotatable bonds is 1. The Morgan fingerprint density at radius 1 is 1.11 bits per heavy atom. The zero-order valence-corrected chi connectivity index (χ0v) is 17.8. The fraction of sp³-hybridized carbons (Fsp3) is 0.261. The third-order valence-corrected chi connectivity index (χ3v) is 6.57. The summed E-state index contributed by atoms with van der Waals surface area (Å²) in [5.41, 5.74) is 5.43. The number of carbonyl (C=O) groups excluding carboxylic acids is 1. The van der Waals surface area contributed by atoms with Gasteiger partial charge in [0.25, 0.3) is 5.91 Å². The number of piperidine rings is 1. The van der Waals surface area contributed by atoms with E-state index < -0.39 is 41.4 Å². The number of carbonyl (C=O) groups is 1. The summed E-state index contributed by atoms with van der Waals surface area (Å²) < 4.78 is 76.3. The summed E-state index contributed by atoms with van der Waals surface area (Å²) in [4.78, 5) is 23.1. The van der Waals surface area contributed by atoms with Crippen molar-refractivity contribution in [1.29, 1.82) is 0 Å². The van der Waals surface area contributed by atoms with Gasteiger partial charge >= 0.3 is 6.18 Å². The predicted molar refractivity (Wildman–Crippen MR) is 114 cm³/mol. The summed E-state index contributed by atoms with van der Waals surface area (Å²) in [6.07, 6.45) is -1.80. The molecule has 1 fully saturated rings. The maximum atomic E-state index is 15.1. The first-order chi connectivity index (χ1) is 16.6. The highest BCUT2D eigenvalue weighted by Crippen LogP contribution is 2.46. The zero-order chi connectivity index (χ0) is 24.6. The van der Waals surface area contributed by atoms with Gasteiger partial charge in [-0.3, -0.25) is 9.20 Å². The SMILES string of the molecule is Nc1nc2cc(F)c(C(=O)N3CC[C@H]4C[C@@H]3c3cc(F)c(C(F)(F)F)cc3O4)cc2n2cncc12. The normalized spacial score (nSPS) is 19.6. The van der Waals surface area contributed by atoms with Gasteiger partial charge in [0.15, 0.2) is 0 Å². The second-order valence-corrected chi connectivity index (χ2v) is 8.61. The highest BCUT2D eigenvalue weighted by atomic mass is 19.4. The van der Waals surface area contributed by atoms with Crippen molar-refractivity contribution in [3.63, 3.8) is 0 Å². The van der Waals surface area contributed by atoms with Gasteiger partial charge in [-0.25, -0.2) is 18.7 Å². The zero-order valence-electron chi connectivity index (χ0n) is 17.8. The number of alkyl halides is 3. The predicted octanol–water partition coefficient (Wildman–Crippen LogP) is 4.50. The number of aromatic nitrogens is 3. The molecule has 2 aliphatic heterocycles. The molecule has 0 unspecified atom stereocenters. The Balaban J connectivity index is 1.44. The van der Waals surface area contributed by atoms with Crippen LogP contribution in [0.2, 0.25) is 0 Å². The Hall–Kier alpha value is -3.96. The van der Waals surface area contributed by atoms with Crippen molar-refractivity contribution in [3.8, 4) is 5.75 Å². The van der Waals surface area contributed by atoms with Crippen molar-refractivity contribution in [1.82, 2.24) is 19.3 Å². The molecular weight excluding hydrogens is 473 g/mol. The van der Waals surface area contributed by atoms with Crippen LogP contribution in [0.5, 0.6) is 5.75 Å². The van der Waals surface area contributed by atoms with Crippen molar-refractivity contribution in [2.45, 2.75) is 31.2 Å². The Kier molecular flexibility index (Phi) is 4.48. The van der Waals surface area contributed by atoms with E-state index in [1.165, 1.54) is 23.5 Å². The number of ether oxygens (including phenoxy) is 1. The number of imidazole rings is 1. The second kappa shape index (κ2) is 7.27. The van der Waals surface area contributed by atoms with E-state index in [0.717, 1.165) is 12.1 Å². The topological polar surface area (TPSA) is 85.8 Å². The fourth-order valence-corrected chi connectivity index (χ4v) is 4.92. The average Bonchev–Trinajstić information content (AvgIpc) is 3.29. The number of benzene rings is 2. The largest absolute Gasteiger partial charge is 0.490 e. The van der Waals surface area contributed by atoms with Crippen molar-refractivity contribution in [2.75, 3.05) is 12.3 Å². The third-order valence-electron chi connectivity index (χ3n) is 6.57. The van der Waals surface area contributed by atoms with Crippen LogP contribution in [0.15, 0.2) is 36.8 Å². The van der Waals surface area contributed by atoms with E-state index in [0.29, 0.717) is 23.5 Å². The molecule has 2 aromatic carbocycles. The lowest BCUT2D eigenvalue weighted by atomic mass is 9.88. The van der Waals surface area contributed by atoms with Gasteiger partial charge in [0, 0.05) is 31.0 Å². The molecule has 0 saturated carbocycles. The molecule has 0 radical (unpaired) electrons. The molecule has 7 nitrogen and oxygen atoms in total. The minimum absolute atomic E-state index is 0.118. The molecule has 4 heterocycles. The number of likely N-dealkylation sites (tertiary alicyclic amines) is 1. The molecule has 0 spiro atoms. The maximum absolute atomic E-state index is 15.1. The molecule has 6 rings (SSSR count). The fourth-order valence-electron chi connectivity index (χ4n) is 4.92. The highest BCUT2D eigenvalue weighted by Gasteiger charge is 2.43.